The molecule has 31 heavy (non-hydrogen) atoms. The van der Waals surface area contributed by atoms with Crippen molar-refractivity contribution in [1.29, 1.82) is 0 Å². The molecule has 1 fully saturated rings. The SMILES string of the molecule is O=C(NO)c1ccc(CN2c3cc(C(F)(F)F)ccc3CCC[C@@H]3CCCC[C@H]32)cc1. The van der Waals surface area contributed by atoms with E-state index in [-0.39, 0.29) is 6.04 Å². The van der Waals surface area contributed by atoms with Gasteiger partial charge >= 0.3 is 6.18 Å². The van der Waals surface area contributed by atoms with E-state index in [9.17, 15) is 18.0 Å². The Morgan fingerprint density at radius 3 is 2.45 bits per heavy atom. The molecule has 0 saturated heterocycles. The molecule has 0 aromatic heterocycles. The van der Waals surface area contributed by atoms with Crippen molar-refractivity contribution >= 4 is 11.6 Å². The Kier molecular flexibility index (Phi) is 6.23. The smallest absolute Gasteiger partial charge is 0.364 e. The molecule has 1 amide bonds. The number of anilines is 1. The van der Waals surface area contributed by atoms with Crippen molar-refractivity contribution in [2.75, 3.05) is 4.90 Å². The topological polar surface area (TPSA) is 52.6 Å². The summed E-state index contributed by atoms with van der Waals surface area (Å²) in [6, 6.07) is 11.2. The van der Waals surface area contributed by atoms with Gasteiger partial charge in [-0.1, -0.05) is 31.0 Å². The Morgan fingerprint density at radius 1 is 1.03 bits per heavy atom. The summed E-state index contributed by atoms with van der Waals surface area (Å²) in [5.41, 5.74) is 3.90. The monoisotopic (exact) mass is 432 g/mol. The lowest BCUT2D eigenvalue weighted by atomic mass is 9.78. The summed E-state index contributed by atoms with van der Waals surface area (Å²) in [7, 11) is 0. The maximum Gasteiger partial charge on any atom is 0.416 e. The van der Waals surface area contributed by atoms with Gasteiger partial charge < -0.3 is 4.90 Å². The summed E-state index contributed by atoms with van der Waals surface area (Å²) in [6.45, 7) is 0.483. The van der Waals surface area contributed by atoms with Gasteiger partial charge in [-0.2, -0.15) is 13.2 Å². The molecule has 0 spiro atoms. The average Bonchev–Trinajstić information content (AvgIpc) is 2.76. The van der Waals surface area contributed by atoms with Crippen molar-refractivity contribution in [1.82, 2.24) is 5.48 Å². The minimum Gasteiger partial charge on any atom is -0.364 e. The highest BCUT2D eigenvalue weighted by molar-refractivity contribution is 5.93. The van der Waals surface area contributed by atoms with E-state index < -0.39 is 17.6 Å². The molecule has 166 valence electrons. The van der Waals surface area contributed by atoms with E-state index in [1.807, 2.05) is 0 Å². The molecule has 0 unspecified atom stereocenters. The fourth-order valence-electron chi connectivity index (χ4n) is 5.11. The number of amides is 1. The van der Waals surface area contributed by atoms with Gasteiger partial charge in [-0.05, 0) is 73.4 Å². The van der Waals surface area contributed by atoms with E-state index in [2.05, 4.69) is 4.90 Å². The zero-order valence-corrected chi connectivity index (χ0v) is 17.3. The number of hydroxylamine groups is 1. The van der Waals surface area contributed by atoms with E-state index in [1.165, 1.54) is 18.6 Å². The van der Waals surface area contributed by atoms with Crippen LogP contribution in [0.25, 0.3) is 0 Å². The van der Waals surface area contributed by atoms with Crippen molar-refractivity contribution in [3.05, 3.63) is 64.7 Å². The molecule has 7 heteroatoms. The van der Waals surface area contributed by atoms with Gasteiger partial charge in [0.15, 0.2) is 0 Å². The van der Waals surface area contributed by atoms with Crippen molar-refractivity contribution in [3.63, 3.8) is 0 Å². The molecule has 4 rings (SSSR count). The van der Waals surface area contributed by atoms with Gasteiger partial charge in [0.1, 0.15) is 0 Å². The van der Waals surface area contributed by atoms with E-state index in [1.54, 1.807) is 35.8 Å². The highest BCUT2D eigenvalue weighted by atomic mass is 19.4. The maximum absolute atomic E-state index is 13.5. The summed E-state index contributed by atoms with van der Waals surface area (Å²) < 4.78 is 40.5. The Bertz CT molecular complexity index is 927. The van der Waals surface area contributed by atoms with Crippen LogP contribution in [0, 0.1) is 5.92 Å². The molecule has 0 bridgehead atoms. The number of nitrogens with zero attached hydrogens (tertiary/aromatic N) is 1. The number of fused-ring (bicyclic) bond motifs is 2. The van der Waals surface area contributed by atoms with Crippen LogP contribution in [0.15, 0.2) is 42.5 Å². The number of hydrogen-bond donors (Lipinski definition) is 2. The van der Waals surface area contributed by atoms with Gasteiger partial charge in [-0.15, -0.1) is 0 Å². The molecule has 2 aliphatic rings. The molecule has 2 atom stereocenters. The first kappa shape index (κ1) is 21.7. The van der Waals surface area contributed by atoms with Gasteiger partial charge in [0.25, 0.3) is 5.91 Å². The van der Waals surface area contributed by atoms with Crippen LogP contribution in [0.4, 0.5) is 18.9 Å². The van der Waals surface area contributed by atoms with Crippen LogP contribution in [-0.2, 0) is 19.1 Å². The van der Waals surface area contributed by atoms with Crippen molar-refractivity contribution in [2.45, 2.75) is 63.7 Å². The number of halogens is 3. The number of alkyl halides is 3. The van der Waals surface area contributed by atoms with Gasteiger partial charge in [0.05, 0.1) is 5.56 Å². The van der Waals surface area contributed by atoms with E-state index in [0.29, 0.717) is 23.7 Å². The molecule has 1 heterocycles. The minimum absolute atomic E-state index is 0.205. The molecule has 2 N–H and O–H groups in total. The lowest BCUT2D eigenvalue weighted by molar-refractivity contribution is -0.137. The summed E-state index contributed by atoms with van der Waals surface area (Å²) in [6.07, 6.45) is 2.85. The number of hydrogen-bond acceptors (Lipinski definition) is 3. The fraction of sp³-hybridized carbons (Fsp3) is 0.458. The second-order valence-electron chi connectivity index (χ2n) is 8.61. The fourth-order valence-corrected chi connectivity index (χ4v) is 5.11. The number of benzene rings is 2. The van der Waals surface area contributed by atoms with Crippen LogP contribution < -0.4 is 10.4 Å². The Hall–Kier alpha value is -2.54. The van der Waals surface area contributed by atoms with Crippen LogP contribution in [0.3, 0.4) is 0 Å². The average molecular weight is 432 g/mol. The third-order valence-electron chi connectivity index (χ3n) is 6.68. The van der Waals surface area contributed by atoms with Crippen LogP contribution in [0.5, 0.6) is 0 Å². The lowest BCUT2D eigenvalue weighted by Gasteiger charge is -2.44. The molecule has 4 nitrogen and oxygen atoms in total. The third-order valence-corrected chi connectivity index (χ3v) is 6.68. The quantitative estimate of drug-likeness (QED) is 0.481. The van der Waals surface area contributed by atoms with Gasteiger partial charge in [-0.3, -0.25) is 10.0 Å². The van der Waals surface area contributed by atoms with E-state index in [4.69, 9.17) is 5.21 Å². The lowest BCUT2D eigenvalue weighted by Crippen LogP contribution is -2.43. The highest BCUT2D eigenvalue weighted by Gasteiger charge is 2.36. The second-order valence-corrected chi connectivity index (χ2v) is 8.61. The second kappa shape index (κ2) is 8.91. The Balaban J connectivity index is 1.73. The molecule has 1 aliphatic heterocycles. The third kappa shape index (κ3) is 4.71. The van der Waals surface area contributed by atoms with Crippen LogP contribution in [0.1, 0.15) is 65.6 Å². The molecule has 2 aromatic rings. The van der Waals surface area contributed by atoms with Crippen LogP contribution >= 0.6 is 0 Å². The van der Waals surface area contributed by atoms with Crippen molar-refractivity contribution in [2.24, 2.45) is 5.92 Å². The number of aryl methyl sites for hydroxylation is 1. The van der Waals surface area contributed by atoms with Crippen LogP contribution in [0.2, 0.25) is 0 Å². The van der Waals surface area contributed by atoms with E-state index >= 15 is 0 Å². The molecular formula is C24H27F3N2O2. The highest BCUT2D eigenvalue weighted by Crippen LogP contribution is 2.41. The molecule has 2 aromatic carbocycles. The zero-order chi connectivity index (χ0) is 22.0. The normalized spacial score (nSPS) is 21.5. The summed E-state index contributed by atoms with van der Waals surface area (Å²) >= 11 is 0. The van der Waals surface area contributed by atoms with Gasteiger partial charge in [0, 0.05) is 23.8 Å². The summed E-state index contributed by atoms with van der Waals surface area (Å²) in [5, 5.41) is 8.81. The molecule has 0 radical (unpaired) electrons. The molecule has 1 saturated carbocycles. The van der Waals surface area contributed by atoms with Gasteiger partial charge in [-0.25, -0.2) is 5.48 Å². The maximum atomic E-state index is 13.5. The number of carbonyl (C=O) groups excluding carboxylic acids is 1. The van der Waals surface area contributed by atoms with Crippen molar-refractivity contribution < 1.29 is 23.2 Å². The van der Waals surface area contributed by atoms with Gasteiger partial charge in [0.2, 0.25) is 0 Å². The molecular weight excluding hydrogens is 405 g/mol. The molecule has 1 aliphatic carbocycles. The van der Waals surface area contributed by atoms with E-state index in [0.717, 1.165) is 49.7 Å². The summed E-state index contributed by atoms with van der Waals surface area (Å²) in [4.78, 5) is 13.8. The predicted molar refractivity (Wildman–Crippen MR) is 112 cm³/mol. The summed E-state index contributed by atoms with van der Waals surface area (Å²) in [5.74, 6) is -0.110. The number of nitrogens with one attached hydrogen (secondary N) is 1. The zero-order valence-electron chi connectivity index (χ0n) is 17.3. The van der Waals surface area contributed by atoms with Crippen LogP contribution in [-0.4, -0.2) is 17.2 Å². The standard InChI is InChI=1S/C24H27F3N2O2/c25-24(26,27)20-13-12-18-6-3-5-17-4-1-2-7-21(17)29(22(18)14-20)15-16-8-10-19(11-9-16)23(30)28-31/h8-14,17,21,31H,1-7,15H2,(H,28,30)/t17-,21+/m0/s1. The Labute approximate surface area is 180 Å². The first-order valence-electron chi connectivity index (χ1n) is 10.9. The first-order valence-corrected chi connectivity index (χ1v) is 10.9. The largest absolute Gasteiger partial charge is 0.416 e. The minimum atomic E-state index is -4.38. The van der Waals surface area contributed by atoms with Crippen molar-refractivity contribution in [3.8, 4) is 0 Å². The predicted octanol–water partition coefficient (Wildman–Crippen LogP) is 5.73. The first-order chi connectivity index (χ1) is 14.9. The number of carbonyl (C=O) groups is 1. The Morgan fingerprint density at radius 2 is 1.74 bits per heavy atom. The number of rotatable bonds is 3.